The first-order chi connectivity index (χ1) is 8.74. The van der Waals surface area contributed by atoms with Crippen LogP contribution in [0, 0.1) is 6.92 Å². The number of nitrogens with zero attached hydrogens (tertiary/aromatic N) is 1. The van der Waals surface area contributed by atoms with E-state index in [-0.39, 0.29) is 0 Å². The molecule has 0 bridgehead atoms. The van der Waals surface area contributed by atoms with Gasteiger partial charge in [-0.1, -0.05) is 28.1 Å². The van der Waals surface area contributed by atoms with Crippen LogP contribution in [0.3, 0.4) is 0 Å². The zero-order valence-electron chi connectivity index (χ0n) is 10.3. The third-order valence-electron chi connectivity index (χ3n) is 3.47. The van der Waals surface area contributed by atoms with E-state index in [0.717, 1.165) is 23.0 Å². The number of halogens is 1. The number of aryl methyl sites for hydroxylation is 2. The van der Waals surface area contributed by atoms with Crippen LogP contribution in [0.4, 0.5) is 5.69 Å². The Morgan fingerprint density at radius 1 is 1.33 bits per heavy atom. The van der Waals surface area contributed by atoms with E-state index in [1.165, 1.54) is 16.8 Å². The van der Waals surface area contributed by atoms with Crippen LogP contribution in [-0.2, 0) is 6.42 Å². The van der Waals surface area contributed by atoms with Crippen LogP contribution in [0.2, 0.25) is 0 Å². The van der Waals surface area contributed by atoms with Crippen LogP contribution in [-0.4, -0.2) is 4.98 Å². The summed E-state index contributed by atoms with van der Waals surface area (Å²) >= 11 is 3.57. The average Bonchev–Trinajstić information content (AvgIpc) is 2.78. The number of hydrogen-bond donors (Lipinski definition) is 1. The average molecular weight is 303 g/mol. The Hall–Kier alpha value is -1.35. The van der Waals surface area contributed by atoms with Crippen molar-refractivity contribution in [1.82, 2.24) is 4.98 Å². The SMILES string of the molecule is Cc1ccc(NC2CCc3cccnc32)cc1Br. The van der Waals surface area contributed by atoms with Gasteiger partial charge in [0.05, 0.1) is 11.7 Å². The van der Waals surface area contributed by atoms with Crippen molar-refractivity contribution >= 4 is 21.6 Å². The summed E-state index contributed by atoms with van der Waals surface area (Å²) in [6.07, 6.45) is 4.12. The fourth-order valence-electron chi connectivity index (χ4n) is 2.44. The van der Waals surface area contributed by atoms with Crippen LogP contribution in [0.25, 0.3) is 0 Å². The molecule has 0 spiro atoms. The summed E-state index contributed by atoms with van der Waals surface area (Å²) in [7, 11) is 0. The summed E-state index contributed by atoms with van der Waals surface area (Å²) in [4.78, 5) is 4.50. The van der Waals surface area contributed by atoms with Crippen molar-refractivity contribution in [2.45, 2.75) is 25.8 Å². The Kier molecular flexibility index (Phi) is 3.08. The summed E-state index contributed by atoms with van der Waals surface area (Å²) in [6.45, 7) is 2.10. The standard InChI is InChI=1S/C15H15BrN2/c1-10-4-6-12(9-13(10)16)18-14-7-5-11-3-2-8-17-15(11)14/h2-4,6,8-9,14,18H,5,7H2,1H3. The summed E-state index contributed by atoms with van der Waals surface area (Å²) in [5.74, 6) is 0. The third kappa shape index (κ3) is 2.15. The highest BCUT2D eigenvalue weighted by atomic mass is 79.9. The van der Waals surface area contributed by atoms with Gasteiger partial charge in [0.2, 0.25) is 0 Å². The van der Waals surface area contributed by atoms with Crippen molar-refractivity contribution in [2.24, 2.45) is 0 Å². The number of hydrogen-bond acceptors (Lipinski definition) is 2. The maximum absolute atomic E-state index is 4.50. The third-order valence-corrected chi connectivity index (χ3v) is 4.33. The van der Waals surface area contributed by atoms with Crippen molar-refractivity contribution in [3.63, 3.8) is 0 Å². The summed E-state index contributed by atoms with van der Waals surface area (Å²) in [5, 5.41) is 3.57. The molecule has 0 amide bonds. The van der Waals surface area contributed by atoms with E-state index in [1.807, 2.05) is 12.3 Å². The molecule has 2 nitrogen and oxygen atoms in total. The first kappa shape index (κ1) is 11.7. The molecule has 1 heterocycles. The molecular weight excluding hydrogens is 288 g/mol. The quantitative estimate of drug-likeness (QED) is 0.897. The number of fused-ring (bicyclic) bond motifs is 1. The second-order valence-electron chi connectivity index (χ2n) is 4.75. The van der Waals surface area contributed by atoms with Gasteiger partial charge in [0.25, 0.3) is 0 Å². The lowest BCUT2D eigenvalue weighted by atomic mass is 10.2. The van der Waals surface area contributed by atoms with Crippen LogP contribution < -0.4 is 5.32 Å². The molecule has 0 aliphatic heterocycles. The Labute approximate surface area is 116 Å². The molecule has 3 heteroatoms. The molecule has 0 saturated carbocycles. The molecule has 1 N–H and O–H groups in total. The second-order valence-corrected chi connectivity index (χ2v) is 5.60. The number of benzene rings is 1. The van der Waals surface area contributed by atoms with Gasteiger partial charge < -0.3 is 5.32 Å². The van der Waals surface area contributed by atoms with E-state index < -0.39 is 0 Å². The van der Waals surface area contributed by atoms with Crippen LogP contribution in [0.1, 0.15) is 29.3 Å². The predicted molar refractivity (Wildman–Crippen MR) is 77.8 cm³/mol. The highest BCUT2D eigenvalue weighted by molar-refractivity contribution is 9.10. The zero-order valence-corrected chi connectivity index (χ0v) is 11.9. The first-order valence-corrected chi connectivity index (χ1v) is 7.00. The normalized spacial score (nSPS) is 17.6. The van der Waals surface area contributed by atoms with Crippen molar-refractivity contribution in [3.05, 3.63) is 57.8 Å². The lowest BCUT2D eigenvalue weighted by Crippen LogP contribution is -2.08. The van der Waals surface area contributed by atoms with Crippen LogP contribution in [0.5, 0.6) is 0 Å². The van der Waals surface area contributed by atoms with Crippen LogP contribution in [0.15, 0.2) is 41.0 Å². The smallest absolute Gasteiger partial charge is 0.0691 e. The van der Waals surface area contributed by atoms with E-state index in [1.54, 1.807) is 0 Å². The molecule has 1 aliphatic carbocycles. The fourth-order valence-corrected chi connectivity index (χ4v) is 2.82. The number of rotatable bonds is 2. The molecule has 1 aromatic carbocycles. The van der Waals surface area contributed by atoms with E-state index in [4.69, 9.17) is 0 Å². The molecule has 92 valence electrons. The molecule has 1 aliphatic rings. The van der Waals surface area contributed by atoms with Crippen molar-refractivity contribution in [1.29, 1.82) is 0 Å². The fraction of sp³-hybridized carbons (Fsp3) is 0.267. The van der Waals surface area contributed by atoms with Crippen molar-refractivity contribution in [3.8, 4) is 0 Å². The van der Waals surface area contributed by atoms with E-state index in [2.05, 4.69) is 57.4 Å². The Morgan fingerprint density at radius 2 is 2.22 bits per heavy atom. The van der Waals surface area contributed by atoms with E-state index >= 15 is 0 Å². The lowest BCUT2D eigenvalue weighted by Gasteiger charge is -2.15. The number of aromatic nitrogens is 1. The Bertz CT molecular complexity index is 580. The monoisotopic (exact) mass is 302 g/mol. The highest BCUT2D eigenvalue weighted by Crippen LogP contribution is 2.32. The van der Waals surface area contributed by atoms with Gasteiger partial charge in [-0.3, -0.25) is 4.98 Å². The molecule has 1 atom stereocenters. The van der Waals surface area contributed by atoms with Crippen LogP contribution >= 0.6 is 15.9 Å². The lowest BCUT2D eigenvalue weighted by molar-refractivity contribution is 0.746. The largest absolute Gasteiger partial charge is 0.377 e. The van der Waals surface area contributed by atoms with Gasteiger partial charge in [0.15, 0.2) is 0 Å². The molecule has 2 aromatic rings. The minimum atomic E-state index is 0.343. The number of nitrogens with one attached hydrogen (secondary N) is 1. The molecule has 0 saturated heterocycles. The van der Waals surface area contributed by atoms with E-state index in [9.17, 15) is 0 Å². The second kappa shape index (κ2) is 4.73. The van der Waals surface area contributed by atoms with Gasteiger partial charge in [0.1, 0.15) is 0 Å². The highest BCUT2D eigenvalue weighted by Gasteiger charge is 2.23. The summed E-state index contributed by atoms with van der Waals surface area (Å²) in [5.41, 5.74) is 4.98. The van der Waals surface area contributed by atoms with Gasteiger partial charge in [0, 0.05) is 16.4 Å². The zero-order chi connectivity index (χ0) is 12.5. The van der Waals surface area contributed by atoms with Crippen molar-refractivity contribution < 1.29 is 0 Å². The minimum Gasteiger partial charge on any atom is -0.377 e. The topological polar surface area (TPSA) is 24.9 Å². The maximum atomic E-state index is 4.50. The first-order valence-electron chi connectivity index (χ1n) is 6.20. The minimum absolute atomic E-state index is 0.343. The maximum Gasteiger partial charge on any atom is 0.0691 e. The summed E-state index contributed by atoms with van der Waals surface area (Å²) in [6, 6.07) is 10.9. The van der Waals surface area contributed by atoms with Gasteiger partial charge in [-0.15, -0.1) is 0 Å². The molecular formula is C15H15BrN2. The van der Waals surface area contributed by atoms with Gasteiger partial charge in [-0.2, -0.15) is 0 Å². The number of anilines is 1. The molecule has 0 fully saturated rings. The molecule has 1 aromatic heterocycles. The number of pyridine rings is 1. The Morgan fingerprint density at radius 3 is 3.06 bits per heavy atom. The predicted octanol–water partition coefficient (Wildman–Crippen LogP) is 4.25. The molecule has 3 rings (SSSR count). The van der Waals surface area contributed by atoms with E-state index in [0.29, 0.717) is 6.04 Å². The Balaban J connectivity index is 1.84. The molecule has 0 radical (unpaired) electrons. The van der Waals surface area contributed by atoms with Gasteiger partial charge >= 0.3 is 0 Å². The summed E-state index contributed by atoms with van der Waals surface area (Å²) < 4.78 is 1.15. The van der Waals surface area contributed by atoms with Gasteiger partial charge in [-0.05, 0) is 49.1 Å². The van der Waals surface area contributed by atoms with Crippen molar-refractivity contribution in [2.75, 3.05) is 5.32 Å². The molecule has 1 unspecified atom stereocenters. The molecule has 18 heavy (non-hydrogen) atoms. The van der Waals surface area contributed by atoms with Gasteiger partial charge in [-0.25, -0.2) is 0 Å².